The van der Waals surface area contributed by atoms with Crippen molar-refractivity contribution >= 4 is 17.6 Å². The lowest BCUT2D eigenvalue weighted by atomic mass is 10.2. The van der Waals surface area contributed by atoms with Gasteiger partial charge in [0.1, 0.15) is 16.4 Å². The van der Waals surface area contributed by atoms with E-state index < -0.39 is 5.97 Å². The molecule has 0 bridgehead atoms. The molecule has 6 nitrogen and oxygen atoms in total. The molecule has 0 radical (unpaired) electrons. The lowest BCUT2D eigenvalue weighted by molar-refractivity contribution is 0.0693. The highest BCUT2D eigenvalue weighted by Gasteiger charge is 2.18. The van der Waals surface area contributed by atoms with E-state index in [0.717, 1.165) is 5.69 Å². The van der Waals surface area contributed by atoms with Crippen LogP contribution in [0, 0.1) is 13.8 Å². The van der Waals surface area contributed by atoms with Crippen molar-refractivity contribution in [2.24, 2.45) is 7.05 Å². The van der Waals surface area contributed by atoms with Crippen LogP contribution in [0.5, 0.6) is 11.6 Å². The zero-order valence-corrected chi connectivity index (χ0v) is 11.4. The van der Waals surface area contributed by atoms with Gasteiger partial charge in [0, 0.05) is 7.05 Å². The number of carbonyl (C=O) groups is 1. The van der Waals surface area contributed by atoms with Crippen molar-refractivity contribution in [2.45, 2.75) is 13.8 Å². The number of aryl methyl sites for hydroxylation is 2. The molecule has 0 amide bonds. The molecule has 0 aliphatic rings. The first-order valence-electron chi connectivity index (χ1n) is 5.48. The average Bonchev–Trinajstić information content (AvgIpc) is 2.56. The normalized spacial score (nSPS) is 10.5. The summed E-state index contributed by atoms with van der Waals surface area (Å²) in [7, 11) is 1.78. The molecule has 7 heteroatoms. The monoisotopic (exact) mass is 281 g/mol. The van der Waals surface area contributed by atoms with Crippen molar-refractivity contribution in [3.8, 4) is 11.6 Å². The van der Waals surface area contributed by atoms with Gasteiger partial charge in [0.2, 0.25) is 5.88 Å². The van der Waals surface area contributed by atoms with Crippen LogP contribution in [-0.2, 0) is 7.05 Å². The number of halogens is 1. The Bertz CT molecular complexity index is 652. The van der Waals surface area contributed by atoms with E-state index in [2.05, 4.69) is 10.1 Å². The zero-order valence-electron chi connectivity index (χ0n) is 10.6. The van der Waals surface area contributed by atoms with Gasteiger partial charge >= 0.3 is 5.97 Å². The smallest absolute Gasteiger partial charge is 0.341 e. The highest BCUT2D eigenvalue weighted by molar-refractivity contribution is 6.29. The van der Waals surface area contributed by atoms with Gasteiger partial charge in [0.05, 0.1) is 5.69 Å². The van der Waals surface area contributed by atoms with Gasteiger partial charge in [-0.25, -0.2) is 9.78 Å². The number of carboxylic acid groups (broad SMARTS) is 1. The zero-order chi connectivity index (χ0) is 14.2. The summed E-state index contributed by atoms with van der Waals surface area (Å²) in [4.78, 5) is 15.0. The first-order valence-corrected chi connectivity index (χ1v) is 5.86. The molecular formula is C12H12ClN3O3. The van der Waals surface area contributed by atoms with Crippen LogP contribution in [-0.4, -0.2) is 25.8 Å². The molecule has 2 rings (SSSR count). The maximum Gasteiger partial charge on any atom is 0.341 e. The van der Waals surface area contributed by atoms with Crippen LogP contribution < -0.4 is 4.74 Å². The molecule has 0 aliphatic heterocycles. The first kappa shape index (κ1) is 13.4. The largest absolute Gasteiger partial charge is 0.477 e. The quantitative estimate of drug-likeness (QED) is 0.875. The van der Waals surface area contributed by atoms with Gasteiger partial charge < -0.3 is 9.84 Å². The third-order valence-electron chi connectivity index (χ3n) is 2.70. The van der Waals surface area contributed by atoms with Crippen LogP contribution in [0.3, 0.4) is 0 Å². The van der Waals surface area contributed by atoms with Gasteiger partial charge in [-0.2, -0.15) is 5.10 Å². The predicted molar refractivity (Wildman–Crippen MR) is 69.0 cm³/mol. The average molecular weight is 282 g/mol. The van der Waals surface area contributed by atoms with Crippen LogP contribution in [0.4, 0.5) is 0 Å². The first-order chi connectivity index (χ1) is 8.90. The number of pyridine rings is 1. The molecule has 0 saturated heterocycles. The van der Waals surface area contributed by atoms with Crippen LogP contribution in [0.2, 0.25) is 5.15 Å². The third kappa shape index (κ3) is 2.53. The molecule has 0 saturated carbocycles. The van der Waals surface area contributed by atoms with Crippen LogP contribution in [0.25, 0.3) is 0 Å². The van der Waals surface area contributed by atoms with Crippen molar-refractivity contribution < 1.29 is 14.6 Å². The maximum atomic E-state index is 11.1. The van der Waals surface area contributed by atoms with Gasteiger partial charge in [-0.15, -0.1) is 0 Å². The van der Waals surface area contributed by atoms with Crippen molar-refractivity contribution in [1.29, 1.82) is 0 Å². The SMILES string of the molecule is Cc1nn(C)c(C)c1Oc1nc(Cl)ccc1C(=O)O. The van der Waals surface area contributed by atoms with Crippen molar-refractivity contribution in [3.05, 3.63) is 34.2 Å². The van der Waals surface area contributed by atoms with E-state index in [0.29, 0.717) is 11.4 Å². The van der Waals surface area contributed by atoms with E-state index in [1.807, 2.05) is 6.92 Å². The topological polar surface area (TPSA) is 77.2 Å². The fourth-order valence-electron chi connectivity index (χ4n) is 1.66. The molecule has 2 heterocycles. The number of nitrogens with zero attached hydrogens (tertiary/aromatic N) is 3. The minimum atomic E-state index is -1.13. The Morgan fingerprint density at radius 1 is 1.42 bits per heavy atom. The van der Waals surface area contributed by atoms with Crippen LogP contribution >= 0.6 is 11.6 Å². The Hall–Kier alpha value is -2.08. The molecule has 100 valence electrons. The van der Waals surface area contributed by atoms with E-state index >= 15 is 0 Å². The standard InChI is InChI=1S/C12H12ClN3O3/c1-6-10(7(2)16(3)15-6)19-11-8(12(17)18)4-5-9(13)14-11/h4-5H,1-3H3,(H,17,18). The molecule has 0 fully saturated rings. The Morgan fingerprint density at radius 2 is 2.11 bits per heavy atom. The number of rotatable bonds is 3. The maximum absolute atomic E-state index is 11.1. The summed E-state index contributed by atoms with van der Waals surface area (Å²) >= 11 is 5.77. The summed E-state index contributed by atoms with van der Waals surface area (Å²) in [6.07, 6.45) is 0. The van der Waals surface area contributed by atoms with E-state index in [1.54, 1.807) is 18.7 Å². The second kappa shape index (κ2) is 4.89. The summed E-state index contributed by atoms with van der Waals surface area (Å²) in [5.41, 5.74) is 1.38. The minimum Gasteiger partial charge on any atom is -0.477 e. The van der Waals surface area contributed by atoms with Gasteiger partial charge in [-0.3, -0.25) is 4.68 Å². The molecule has 2 aromatic rings. The molecule has 19 heavy (non-hydrogen) atoms. The summed E-state index contributed by atoms with van der Waals surface area (Å²) < 4.78 is 7.22. The highest BCUT2D eigenvalue weighted by atomic mass is 35.5. The number of ether oxygens (including phenoxy) is 1. The van der Waals surface area contributed by atoms with Gasteiger partial charge in [-0.1, -0.05) is 11.6 Å². The summed E-state index contributed by atoms with van der Waals surface area (Å²) in [6.45, 7) is 3.59. The van der Waals surface area contributed by atoms with Crippen LogP contribution in [0.1, 0.15) is 21.7 Å². The van der Waals surface area contributed by atoms with Gasteiger partial charge in [-0.05, 0) is 26.0 Å². The van der Waals surface area contributed by atoms with Crippen molar-refractivity contribution in [3.63, 3.8) is 0 Å². The second-order valence-electron chi connectivity index (χ2n) is 4.02. The fourth-order valence-corrected chi connectivity index (χ4v) is 1.80. The molecule has 0 aliphatic carbocycles. The Kier molecular flexibility index (Phi) is 3.44. The lowest BCUT2D eigenvalue weighted by Gasteiger charge is -2.08. The molecule has 2 aromatic heterocycles. The van der Waals surface area contributed by atoms with E-state index in [-0.39, 0.29) is 16.6 Å². The fraction of sp³-hybridized carbons (Fsp3) is 0.250. The molecule has 0 unspecified atom stereocenters. The Morgan fingerprint density at radius 3 is 2.63 bits per heavy atom. The number of aromatic carboxylic acids is 1. The van der Waals surface area contributed by atoms with Crippen LogP contribution in [0.15, 0.2) is 12.1 Å². The summed E-state index contributed by atoms with van der Waals surface area (Å²) in [6, 6.07) is 2.76. The second-order valence-corrected chi connectivity index (χ2v) is 4.40. The third-order valence-corrected chi connectivity index (χ3v) is 2.91. The van der Waals surface area contributed by atoms with Gasteiger partial charge in [0.15, 0.2) is 5.75 Å². The molecule has 1 N–H and O–H groups in total. The van der Waals surface area contributed by atoms with Crippen molar-refractivity contribution in [1.82, 2.24) is 14.8 Å². The summed E-state index contributed by atoms with van der Waals surface area (Å²) in [5.74, 6) is -0.683. The lowest BCUT2D eigenvalue weighted by Crippen LogP contribution is -2.03. The van der Waals surface area contributed by atoms with Crippen molar-refractivity contribution in [2.75, 3.05) is 0 Å². The Balaban J connectivity index is 2.48. The van der Waals surface area contributed by atoms with E-state index in [4.69, 9.17) is 21.4 Å². The molecular weight excluding hydrogens is 270 g/mol. The number of hydrogen-bond acceptors (Lipinski definition) is 4. The number of hydrogen-bond donors (Lipinski definition) is 1. The molecule has 0 spiro atoms. The summed E-state index contributed by atoms with van der Waals surface area (Å²) in [5, 5.41) is 13.4. The molecule has 0 aromatic carbocycles. The van der Waals surface area contributed by atoms with Gasteiger partial charge in [0.25, 0.3) is 0 Å². The number of carboxylic acids is 1. The van der Waals surface area contributed by atoms with E-state index in [9.17, 15) is 4.79 Å². The predicted octanol–water partition coefficient (Wildman–Crippen LogP) is 2.58. The Labute approximate surface area is 114 Å². The molecule has 0 atom stereocenters. The minimum absolute atomic E-state index is 0.0424. The highest BCUT2D eigenvalue weighted by Crippen LogP contribution is 2.29. The number of aromatic nitrogens is 3. The van der Waals surface area contributed by atoms with E-state index in [1.165, 1.54) is 12.1 Å².